The summed E-state index contributed by atoms with van der Waals surface area (Å²) < 4.78 is 4.59. The molecule has 3 amide bonds. The number of carbonyl (C=O) groups excluding carboxylic acids is 2. The number of urea groups is 1. The molecule has 0 aliphatic carbocycles. The standard InChI is InChI=1S/C24H24N8O3/c1-35-24(34)30-17-6-4-5-16(11-17)29-23(33)25-10-9-15-13-32(20-8-3-2-7-18(15)20)22-19-12-28-31-21(19)26-14-27-22/h2-8,11-12,14-15H,9-10,13H2,1H3,(H,30,34)(H2,25,29,33)(H,26,27,28,31). The summed E-state index contributed by atoms with van der Waals surface area (Å²) in [5.41, 5.74) is 4.08. The number of para-hydroxylation sites is 1. The molecule has 2 aromatic heterocycles. The van der Waals surface area contributed by atoms with E-state index in [1.807, 2.05) is 12.1 Å². The highest BCUT2D eigenvalue weighted by Gasteiger charge is 2.30. The fourth-order valence-electron chi connectivity index (χ4n) is 4.29. The van der Waals surface area contributed by atoms with Crippen LogP contribution in [0.4, 0.5) is 32.5 Å². The van der Waals surface area contributed by atoms with E-state index in [0.717, 1.165) is 29.9 Å². The van der Waals surface area contributed by atoms with Crippen LogP contribution >= 0.6 is 0 Å². The number of nitrogens with zero attached hydrogens (tertiary/aromatic N) is 4. The fourth-order valence-corrected chi connectivity index (χ4v) is 4.29. The maximum atomic E-state index is 12.5. The third kappa shape index (κ3) is 4.69. The smallest absolute Gasteiger partial charge is 0.411 e. The normalized spacial score (nSPS) is 14.4. The number of anilines is 4. The summed E-state index contributed by atoms with van der Waals surface area (Å²) in [6.45, 7) is 1.23. The number of benzene rings is 2. The van der Waals surface area contributed by atoms with Gasteiger partial charge in [-0.15, -0.1) is 0 Å². The number of hydrogen-bond donors (Lipinski definition) is 4. The highest BCUT2D eigenvalue weighted by atomic mass is 16.5. The van der Waals surface area contributed by atoms with E-state index in [0.29, 0.717) is 23.6 Å². The van der Waals surface area contributed by atoms with Crippen LogP contribution in [0.1, 0.15) is 17.9 Å². The van der Waals surface area contributed by atoms with Gasteiger partial charge in [0.25, 0.3) is 0 Å². The lowest BCUT2D eigenvalue weighted by Gasteiger charge is -2.19. The Balaban J connectivity index is 1.21. The first kappa shape index (κ1) is 22.1. The van der Waals surface area contributed by atoms with Crippen LogP contribution in [0.25, 0.3) is 11.0 Å². The number of amides is 3. The van der Waals surface area contributed by atoms with E-state index < -0.39 is 6.09 Å². The van der Waals surface area contributed by atoms with Gasteiger partial charge >= 0.3 is 12.1 Å². The van der Waals surface area contributed by atoms with Gasteiger partial charge in [-0.1, -0.05) is 24.3 Å². The largest absolute Gasteiger partial charge is 0.453 e. The zero-order chi connectivity index (χ0) is 24.2. The van der Waals surface area contributed by atoms with Crippen LogP contribution in [0, 0.1) is 0 Å². The molecule has 0 fully saturated rings. The lowest BCUT2D eigenvalue weighted by molar-refractivity contribution is 0.187. The summed E-state index contributed by atoms with van der Waals surface area (Å²) in [7, 11) is 1.29. The van der Waals surface area contributed by atoms with Gasteiger partial charge < -0.3 is 20.3 Å². The number of methoxy groups -OCH3 is 1. The number of rotatable bonds is 6. The molecule has 35 heavy (non-hydrogen) atoms. The van der Waals surface area contributed by atoms with E-state index in [4.69, 9.17) is 0 Å². The zero-order valence-corrected chi connectivity index (χ0v) is 19.0. The van der Waals surface area contributed by atoms with Crippen LogP contribution in [0.15, 0.2) is 61.1 Å². The van der Waals surface area contributed by atoms with Gasteiger partial charge in [0.15, 0.2) is 5.65 Å². The Labute approximate surface area is 200 Å². The van der Waals surface area contributed by atoms with Crippen molar-refractivity contribution in [2.75, 3.05) is 35.7 Å². The predicted octanol–water partition coefficient (Wildman–Crippen LogP) is 3.98. The first-order valence-corrected chi connectivity index (χ1v) is 11.1. The minimum Gasteiger partial charge on any atom is -0.453 e. The van der Waals surface area contributed by atoms with Crippen molar-refractivity contribution in [2.24, 2.45) is 0 Å². The van der Waals surface area contributed by atoms with Gasteiger partial charge in [-0.2, -0.15) is 5.10 Å². The fraction of sp³-hybridized carbons (Fsp3) is 0.208. The second-order valence-electron chi connectivity index (χ2n) is 8.06. The molecule has 2 aromatic carbocycles. The number of fused-ring (bicyclic) bond motifs is 2. The second-order valence-corrected chi connectivity index (χ2v) is 8.06. The van der Waals surface area contributed by atoms with Crippen molar-refractivity contribution in [2.45, 2.75) is 12.3 Å². The van der Waals surface area contributed by atoms with E-state index in [1.54, 1.807) is 30.5 Å². The van der Waals surface area contributed by atoms with Gasteiger partial charge in [-0.3, -0.25) is 10.4 Å². The predicted molar refractivity (Wildman–Crippen MR) is 132 cm³/mol. The molecule has 1 unspecified atom stereocenters. The molecule has 178 valence electrons. The quantitative estimate of drug-likeness (QED) is 0.333. The lowest BCUT2D eigenvalue weighted by Crippen LogP contribution is -2.30. The molecular weight excluding hydrogens is 448 g/mol. The van der Waals surface area contributed by atoms with Gasteiger partial charge in [-0.25, -0.2) is 19.6 Å². The van der Waals surface area contributed by atoms with Gasteiger partial charge in [0.05, 0.1) is 18.7 Å². The third-order valence-electron chi connectivity index (χ3n) is 5.88. The number of carbonyl (C=O) groups is 2. The van der Waals surface area contributed by atoms with Crippen molar-refractivity contribution in [3.8, 4) is 0 Å². The summed E-state index contributed by atoms with van der Waals surface area (Å²) >= 11 is 0. The van der Waals surface area contributed by atoms with Crippen molar-refractivity contribution in [1.82, 2.24) is 25.5 Å². The first-order valence-electron chi connectivity index (χ1n) is 11.1. The SMILES string of the molecule is COC(=O)Nc1cccc(NC(=O)NCCC2CN(c3ncnc4[nH]ncc34)c3ccccc32)c1. The molecule has 3 heterocycles. The highest BCUT2D eigenvalue weighted by molar-refractivity contribution is 5.92. The van der Waals surface area contributed by atoms with Gasteiger partial charge in [-0.05, 0) is 36.2 Å². The molecule has 0 saturated carbocycles. The molecule has 11 heteroatoms. The third-order valence-corrected chi connectivity index (χ3v) is 5.88. The van der Waals surface area contributed by atoms with Crippen molar-refractivity contribution >= 4 is 46.0 Å². The van der Waals surface area contributed by atoms with Crippen LogP contribution in [0.2, 0.25) is 0 Å². The van der Waals surface area contributed by atoms with Crippen LogP contribution in [-0.2, 0) is 4.74 Å². The van der Waals surface area contributed by atoms with Crippen molar-refractivity contribution in [1.29, 1.82) is 0 Å². The molecule has 11 nitrogen and oxygen atoms in total. The van der Waals surface area contributed by atoms with E-state index >= 15 is 0 Å². The maximum absolute atomic E-state index is 12.5. The molecular formula is C24H24N8O3. The highest BCUT2D eigenvalue weighted by Crippen LogP contribution is 2.42. The summed E-state index contributed by atoms with van der Waals surface area (Å²) in [6.07, 6.45) is 3.45. The topological polar surface area (TPSA) is 137 Å². The Bertz CT molecular complexity index is 1370. The molecule has 0 bridgehead atoms. The van der Waals surface area contributed by atoms with Gasteiger partial charge in [0.2, 0.25) is 0 Å². The Morgan fingerprint density at radius 3 is 2.80 bits per heavy atom. The number of hydrogen-bond acceptors (Lipinski definition) is 7. The van der Waals surface area contributed by atoms with E-state index in [2.05, 4.69) is 57.9 Å². The average Bonchev–Trinajstić information content (AvgIpc) is 3.49. The molecule has 5 rings (SSSR count). The van der Waals surface area contributed by atoms with Crippen LogP contribution in [0.5, 0.6) is 0 Å². The molecule has 1 aliphatic heterocycles. The first-order chi connectivity index (χ1) is 17.1. The van der Waals surface area contributed by atoms with Crippen LogP contribution < -0.4 is 20.9 Å². The van der Waals surface area contributed by atoms with Crippen molar-refractivity contribution < 1.29 is 14.3 Å². The summed E-state index contributed by atoms with van der Waals surface area (Å²) in [4.78, 5) is 34.8. The van der Waals surface area contributed by atoms with Gasteiger partial charge in [0.1, 0.15) is 12.1 Å². The summed E-state index contributed by atoms with van der Waals surface area (Å²) in [6, 6.07) is 14.7. The lowest BCUT2D eigenvalue weighted by atomic mass is 9.98. The van der Waals surface area contributed by atoms with E-state index in [-0.39, 0.29) is 11.9 Å². The molecule has 1 atom stereocenters. The maximum Gasteiger partial charge on any atom is 0.411 e. The van der Waals surface area contributed by atoms with Gasteiger partial charge in [0, 0.05) is 36.1 Å². The summed E-state index contributed by atoms with van der Waals surface area (Å²) in [5.74, 6) is 1.03. The molecule has 4 N–H and O–H groups in total. The average molecular weight is 473 g/mol. The monoisotopic (exact) mass is 472 g/mol. The molecule has 0 saturated heterocycles. The second kappa shape index (κ2) is 9.67. The van der Waals surface area contributed by atoms with E-state index in [1.165, 1.54) is 19.0 Å². The number of ether oxygens (including phenoxy) is 1. The zero-order valence-electron chi connectivity index (χ0n) is 19.0. The minimum absolute atomic E-state index is 0.219. The number of nitrogens with one attached hydrogen (secondary N) is 4. The minimum atomic E-state index is -0.576. The number of aromatic nitrogens is 4. The van der Waals surface area contributed by atoms with Crippen LogP contribution in [0.3, 0.4) is 0 Å². The Kier molecular flexibility index (Phi) is 6.12. The van der Waals surface area contributed by atoms with Crippen molar-refractivity contribution in [3.63, 3.8) is 0 Å². The molecule has 0 spiro atoms. The van der Waals surface area contributed by atoms with Crippen LogP contribution in [-0.4, -0.2) is 52.5 Å². The molecule has 1 aliphatic rings. The van der Waals surface area contributed by atoms with E-state index in [9.17, 15) is 9.59 Å². The van der Waals surface area contributed by atoms with Crippen molar-refractivity contribution in [3.05, 3.63) is 66.6 Å². The Morgan fingerprint density at radius 1 is 1.11 bits per heavy atom. The Hall–Kier alpha value is -4.67. The summed E-state index contributed by atoms with van der Waals surface area (Å²) in [5, 5.41) is 16.1. The molecule has 0 radical (unpaired) electrons. The number of aromatic amines is 1. The Morgan fingerprint density at radius 2 is 1.94 bits per heavy atom. The molecule has 4 aromatic rings. The number of H-pyrrole nitrogens is 1.